The standard InChI is InChI=1S/C24H36F3NO4/c1-2-3-4-5-6-7-8-9-19-31-21-14-12-20(13-15-21)11-10-17-28-18-16-22(29)32-23(30)24(25,26)27/h12-15,28H,2-11,16-19H2,1H3. The second kappa shape index (κ2) is 16.5. The zero-order valence-corrected chi connectivity index (χ0v) is 19.0. The van der Waals surface area contributed by atoms with Crippen LogP contribution in [0.3, 0.4) is 0 Å². The molecule has 182 valence electrons. The lowest BCUT2D eigenvalue weighted by Crippen LogP contribution is -2.29. The van der Waals surface area contributed by atoms with Crippen LogP contribution < -0.4 is 10.1 Å². The van der Waals surface area contributed by atoms with Gasteiger partial charge in [0.05, 0.1) is 13.0 Å². The van der Waals surface area contributed by atoms with Crippen LogP contribution in [-0.4, -0.2) is 37.8 Å². The van der Waals surface area contributed by atoms with Gasteiger partial charge >= 0.3 is 18.1 Å². The van der Waals surface area contributed by atoms with Gasteiger partial charge in [0.25, 0.3) is 0 Å². The predicted octanol–water partition coefficient (Wildman–Crippen LogP) is 5.75. The maximum absolute atomic E-state index is 12.0. The van der Waals surface area contributed by atoms with Crippen LogP contribution in [0.15, 0.2) is 24.3 Å². The van der Waals surface area contributed by atoms with Crippen LogP contribution in [-0.2, 0) is 20.7 Å². The zero-order valence-electron chi connectivity index (χ0n) is 19.0. The molecule has 0 heterocycles. The fourth-order valence-electron chi connectivity index (χ4n) is 3.12. The largest absolute Gasteiger partial charge is 0.494 e. The highest BCUT2D eigenvalue weighted by molar-refractivity contribution is 5.88. The molecule has 0 radical (unpaired) electrons. The molecule has 0 saturated carbocycles. The van der Waals surface area contributed by atoms with Gasteiger partial charge in [0, 0.05) is 6.54 Å². The smallest absolute Gasteiger partial charge is 0.491 e. The number of unbranched alkanes of at least 4 members (excludes halogenated alkanes) is 7. The summed E-state index contributed by atoms with van der Waals surface area (Å²) in [7, 11) is 0. The SMILES string of the molecule is CCCCCCCCCCOc1ccc(CCCNCCC(=O)OC(=O)C(F)(F)F)cc1. The highest BCUT2D eigenvalue weighted by Gasteiger charge is 2.42. The van der Waals surface area contributed by atoms with Crippen molar-refractivity contribution in [3.63, 3.8) is 0 Å². The van der Waals surface area contributed by atoms with E-state index in [0.29, 0.717) is 6.54 Å². The third-order valence-electron chi connectivity index (χ3n) is 4.95. The van der Waals surface area contributed by atoms with E-state index >= 15 is 0 Å². The van der Waals surface area contributed by atoms with Gasteiger partial charge in [-0.05, 0) is 43.5 Å². The topological polar surface area (TPSA) is 64.6 Å². The van der Waals surface area contributed by atoms with Crippen molar-refractivity contribution in [1.29, 1.82) is 0 Å². The van der Waals surface area contributed by atoms with Crippen LogP contribution in [0.2, 0.25) is 0 Å². The minimum absolute atomic E-state index is 0.148. The van der Waals surface area contributed by atoms with E-state index in [2.05, 4.69) is 17.0 Å². The van der Waals surface area contributed by atoms with Gasteiger partial charge in [0.1, 0.15) is 5.75 Å². The van der Waals surface area contributed by atoms with Gasteiger partial charge in [-0.15, -0.1) is 0 Å². The number of alkyl halides is 3. The van der Waals surface area contributed by atoms with Crippen LogP contribution in [0, 0.1) is 0 Å². The number of esters is 2. The highest BCUT2D eigenvalue weighted by Crippen LogP contribution is 2.17. The number of hydrogen-bond donors (Lipinski definition) is 1. The first-order valence-electron chi connectivity index (χ1n) is 11.6. The Balaban J connectivity index is 2.04. The van der Waals surface area contributed by atoms with Crippen molar-refractivity contribution < 1.29 is 32.2 Å². The molecule has 8 heteroatoms. The lowest BCUT2D eigenvalue weighted by Gasteiger charge is -2.08. The van der Waals surface area contributed by atoms with E-state index < -0.39 is 18.1 Å². The first kappa shape index (κ1) is 27.9. The molecule has 0 aliphatic heterocycles. The quantitative estimate of drug-likeness (QED) is 0.183. The van der Waals surface area contributed by atoms with E-state index in [4.69, 9.17) is 4.74 Å². The summed E-state index contributed by atoms with van der Waals surface area (Å²) >= 11 is 0. The molecule has 0 saturated heterocycles. The maximum Gasteiger partial charge on any atom is 0.491 e. The summed E-state index contributed by atoms with van der Waals surface area (Å²) in [5.74, 6) is -2.81. The summed E-state index contributed by atoms with van der Waals surface area (Å²) in [6, 6.07) is 7.95. The summed E-state index contributed by atoms with van der Waals surface area (Å²) in [5.41, 5.74) is 1.15. The second-order valence-corrected chi connectivity index (χ2v) is 7.83. The minimum Gasteiger partial charge on any atom is -0.494 e. The second-order valence-electron chi connectivity index (χ2n) is 7.83. The Morgan fingerprint density at radius 1 is 0.875 bits per heavy atom. The van der Waals surface area contributed by atoms with Gasteiger partial charge in [-0.1, -0.05) is 64.0 Å². The third kappa shape index (κ3) is 14.1. The average molecular weight is 460 g/mol. The number of carbonyl (C=O) groups is 2. The van der Waals surface area contributed by atoms with Crippen molar-refractivity contribution in [3.8, 4) is 5.75 Å². The molecule has 0 aliphatic carbocycles. The van der Waals surface area contributed by atoms with Crippen molar-refractivity contribution in [3.05, 3.63) is 29.8 Å². The number of rotatable bonds is 17. The molecule has 0 amide bonds. The number of halogens is 3. The fourth-order valence-corrected chi connectivity index (χ4v) is 3.12. The number of ether oxygens (including phenoxy) is 2. The predicted molar refractivity (Wildman–Crippen MR) is 118 cm³/mol. The van der Waals surface area contributed by atoms with Gasteiger partial charge < -0.3 is 14.8 Å². The molecule has 0 atom stereocenters. The molecule has 0 aliphatic rings. The molecule has 0 aromatic heterocycles. The van der Waals surface area contributed by atoms with E-state index in [1.807, 2.05) is 24.3 Å². The van der Waals surface area contributed by atoms with Gasteiger partial charge in [-0.3, -0.25) is 4.79 Å². The highest BCUT2D eigenvalue weighted by atomic mass is 19.4. The molecule has 1 N–H and O–H groups in total. The molecule has 1 aromatic carbocycles. The number of nitrogens with one attached hydrogen (secondary N) is 1. The number of aryl methyl sites for hydroxylation is 1. The van der Waals surface area contributed by atoms with E-state index in [1.54, 1.807) is 0 Å². The van der Waals surface area contributed by atoms with Crippen LogP contribution >= 0.6 is 0 Å². The van der Waals surface area contributed by atoms with Crippen molar-refractivity contribution in [2.45, 2.75) is 83.7 Å². The van der Waals surface area contributed by atoms with Crippen LogP contribution in [0.5, 0.6) is 5.75 Å². The Morgan fingerprint density at radius 3 is 2.12 bits per heavy atom. The Morgan fingerprint density at radius 2 is 1.50 bits per heavy atom. The molecule has 1 aromatic rings. The number of benzene rings is 1. The van der Waals surface area contributed by atoms with Gasteiger partial charge in [0.2, 0.25) is 0 Å². The summed E-state index contributed by atoms with van der Waals surface area (Å²) in [5, 5.41) is 2.95. The van der Waals surface area contributed by atoms with Crippen molar-refractivity contribution in [2.24, 2.45) is 0 Å². The molecule has 1 rings (SSSR count). The maximum atomic E-state index is 12.0. The monoisotopic (exact) mass is 459 g/mol. The van der Waals surface area contributed by atoms with Crippen molar-refractivity contribution in [1.82, 2.24) is 5.32 Å². The van der Waals surface area contributed by atoms with Crippen molar-refractivity contribution in [2.75, 3.05) is 19.7 Å². The van der Waals surface area contributed by atoms with Crippen molar-refractivity contribution >= 4 is 11.9 Å². The van der Waals surface area contributed by atoms with Gasteiger partial charge in [-0.2, -0.15) is 13.2 Å². The zero-order chi connectivity index (χ0) is 23.7. The molecule has 0 bridgehead atoms. The van der Waals surface area contributed by atoms with Crippen LogP contribution in [0.4, 0.5) is 13.2 Å². The molecular formula is C24H36F3NO4. The minimum atomic E-state index is -5.16. The normalized spacial score (nSPS) is 11.4. The Hall–Kier alpha value is -2.09. The lowest BCUT2D eigenvalue weighted by atomic mass is 10.1. The summed E-state index contributed by atoms with van der Waals surface area (Å²) < 4.78 is 45.4. The molecule has 0 spiro atoms. The molecule has 0 unspecified atom stereocenters. The molecule has 0 fully saturated rings. The Kier molecular flexibility index (Phi) is 14.4. The average Bonchev–Trinajstić information content (AvgIpc) is 2.75. The van der Waals surface area contributed by atoms with Gasteiger partial charge in [0.15, 0.2) is 0 Å². The number of carbonyl (C=O) groups excluding carboxylic acids is 2. The molecular weight excluding hydrogens is 423 g/mol. The van der Waals surface area contributed by atoms with E-state index in [-0.39, 0.29) is 13.0 Å². The van der Waals surface area contributed by atoms with Gasteiger partial charge in [-0.25, -0.2) is 4.79 Å². The van der Waals surface area contributed by atoms with Crippen LogP contribution in [0.1, 0.15) is 76.7 Å². The van der Waals surface area contributed by atoms with Crippen LogP contribution in [0.25, 0.3) is 0 Å². The van der Waals surface area contributed by atoms with E-state index in [0.717, 1.165) is 37.2 Å². The van der Waals surface area contributed by atoms with E-state index in [1.165, 1.54) is 44.9 Å². The Labute approximate surface area is 189 Å². The fraction of sp³-hybridized carbons (Fsp3) is 0.667. The molecule has 5 nitrogen and oxygen atoms in total. The lowest BCUT2D eigenvalue weighted by molar-refractivity contribution is -0.201. The summed E-state index contributed by atoms with van der Waals surface area (Å²) in [4.78, 5) is 21.7. The number of hydrogen-bond acceptors (Lipinski definition) is 5. The Bertz CT molecular complexity index is 648. The summed E-state index contributed by atoms with van der Waals surface area (Å²) in [6.07, 6.45) is 6.32. The third-order valence-corrected chi connectivity index (χ3v) is 4.95. The first-order chi connectivity index (χ1) is 15.3. The summed E-state index contributed by atoms with van der Waals surface area (Å²) in [6.45, 7) is 3.70. The molecule has 32 heavy (non-hydrogen) atoms. The van der Waals surface area contributed by atoms with E-state index in [9.17, 15) is 22.8 Å². The first-order valence-corrected chi connectivity index (χ1v) is 11.6.